The Bertz CT molecular complexity index is 847. The minimum atomic E-state index is -4.68. The molecule has 128 valence electrons. The Kier molecular flexibility index (Phi) is 4.90. The Balaban J connectivity index is 2.15. The SMILES string of the molecule is O=[N+]([O-])c1ccc(COS(=O)(=O)c2cccc(C(F)(F)F)c2)cc1. The molecule has 24 heavy (non-hydrogen) atoms. The summed E-state index contributed by atoms with van der Waals surface area (Å²) in [7, 11) is -4.40. The second-order valence-electron chi connectivity index (χ2n) is 4.67. The van der Waals surface area contributed by atoms with Gasteiger partial charge in [0, 0.05) is 12.1 Å². The number of nitrogens with zero attached hydrogens (tertiary/aromatic N) is 1. The number of alkyl halides is 3. The summed E-state index contributed by atoms with van der Waals surface area (Å²) in [6, 6.07) is 8.08. The Morgan fingerprint density at radius 3 is 2.25 bits per heavy atom. The average Bonchev–Trinajstić information content (AvgIpc) is 2.53. The fourth-order valence-electron chi connectivity index (χ4n) is 1.76. The van der Waals surface area contributed by atoms with Crippen LogP contribution in [0.4, 0.5) is 18.9 Å². The molecule has 0 spiro atoms. The zero-order valence-electron chi connectivity index (χ0n) is 11.9. The van der Waals surface area contributed by atoms with E-state index in [1.807, 2.05) is 0 Å². The fourth-order valence-corrected chi connectivity index (χ4v) is 2.70. The van der Waals surface area contributed by atoms with E-state index >= 15 is 0 Å². The van der Waals surface area contributed by atoms with Crippen LogP contribution in [0.3, 0.4) is 0 Å². The summed E-state index contributed by atoms with van der Waals surface area (Å²) >= 11 is 0. The third-order valence-corrected chi connectivity index (χ3v) is 4.24. The van der Waals surface area contributed by atoms with E-state index in [0.29, 0.717) is 11.6 Å². The van der Waals surface area contributed by atoms with Crippen LogP contribution in [0.25, 0.3) is 0 Å². The average molecular weight is 361 g/mol. The highest BCUT2D eigenvalue weighted by atomic mass is 32.2. The van der Waals surface area contributed by atoms with Crippen molar-refractivity contribution in [3.05, 3.63) is 69.8 Å². The van der Waals surface area contributed by atoms with E-state index in [2.05, 4.69) is 0 Å². The molecular formula is C14H10F3NO5S. The zero-order valence-corrected chi connectivity index (χ0v) is 12.7. The van der Waals surface area contributed by atoms with Crippen LogP contribution in [0, 0.1) is 10.1 Å². The lowest BCUT2D eigenvalue weighted by atomic mass is 10.2. The molecular weight excluding hydrogens is 351 g/mol. The Morgan fingerprint density at radius 1 is 1.08 bits per heavy atom. The van der Waals surface area contributed by atoms with Gasteiger partial charge in [-0.1, -0.05) is 6.07 Å². The smallest absolute Gasteiger partial charge is 0.262 e. The first-order valence-electron chi connectivity index (χ1n) is 6.39. The number of halogens is 3. The molecule has 0 unspecified atom stereocenters. The number of hydrogen-bond acceptors (Lipinski definition) is 5. The summed E-state index contributed by atoms with van der Waals surface area (Å²) < 4.78 is 66.5. The van der Waals surface area contributed by atoms with Crippen LogP contribution in [0.1, 0.15) is 11.1 Å². The number of nitro benzene ring substituents is 1. The Morgan fingerprint density at radius 2 is 1.71 bits per heavy atom. The van der Waals surface area contributed by atoms with Gasteiger partial charge in [-0.3, -0.25) is 14.3 Å². The van der Waals surface area contributed by atoms with Crippen molar-refractivity contribution in [3.8, 4) is 0 Å². The van der Waals surface area contributed by atoms with Crippen LogP contribution in [-0.2, 0) is 27.1 Å². The zero-order chi connectivity index (χ0) is 18.0. The normalized spacial score (nSPS) is 12.1. The van der Waals surface area contributed by atoms with E-state index < -0.39 is 38.3 Å². The topological polar surface area (TPSA) is 86.5 Å². The van der Waals surface area contributed by atoms with Crippen molar-refractivity contribution in [1.29, 1.82) is 0 Å². The molecule has 0 N–H and O–H groups in total. The molecule has 0 aromatic heterocycles. The molecule has 0 heterocycles. The molecule has 2 aromatic carbocycles. The van der Waals surface area contributed by atoms with Gasteiger partial charge in [-0.05, 0) is 35.9 Å². The van der Waals surface area contributed by atoms with Crippen LogP contribution in [0.15, 0.2) is 53.4 Å². The molecule has 0 fully saturated rings. The molecule has 0 aliphatic rings. The Hall–Kier alpha value is -2.46. The van der Waals surface area contributed by atoms with Crippen LogP contribution in [-0.4, -0.2) is 13.3 Å². The predicted octanol–water partition coefficient (Wildman–Crippen LogP) is 3.52. The highest BCUT2D eigenvalue weighted by Gasteiger charge is 2.31. The maximum absolute atomic E-state index is 12.6. The van der Waals surface area contributed by atoms with Crippen molar-refractivity contribution in [2.24, 2.45) is 0 Å². The highest BCUT2D eigenvalue weighted by Crippen LogP contribution is 2.31. The molecule has 0 bridgehead atoms. The summed E-state index contributed by atoms with van der Waals surface area (Å²) in [5, 5.41) is 10.5. The van der Waals surface area contributed by atoms with E-state index in [1.165, 1.54) is 12.1 Å². The largest absolute Gasteiger partial charge is 0.416 e. The molecule has 0 saturated carbocycles. The monoisotopic (exact) mass is 361 g/mol. The standard InChI is InChI=1S/C14H10F3NO5S/c15-14(16,17)11-2-1-3-13(8-11)24(21,22)23-9-10-4-6-12(7-5-10)18(19)20/h1-8H,9H2. The van der Waals surface area contributed by atoms with Crippen molar-refractivity contribution in [2.45, 2.75) is 17.7 Å². The van der Waals surface area contributed by atoms with Gasteiger partial charge in [0.05, 0.1) is 22.0 Å². The van der Waals surface area contributed by atoms with E-state index in [1.54, 1.807) is 0 Å². The second kappa shape index (κ2) is 6.57. The quantitative estimate of drug-likeness (QED) is 0.462. The van der Waals surface area contributed by atoms with E-state index in [-0.39, 0.29) is 5.69 Å². The molecule has 6 nitrogen and oxygen atoms in total. The van der Waals surface area contributed by atoms with Gasteiger partial charge < -0.3 is 0 Å². The minimum Gasteiger partial charge on any atom is -0.262 e. The summed E-state index contributed by atoms with van der Waals surface area (Å²) in [5.74, 6) is 0. The second-order valence-corrected chi connectivity index (χ2v) is 6.28. The molecule has 0 atom stereocenters. The molecule has 10 heteroatoms. The van der Waals surface area contributed by atoms with Crippen molar-refractivity contribution in [2.75, 3.05) is 0 Å². The van der Waals surface area contributed by atoms with Crippen molar-refractivity contribution in [3.63, 3.8) is 0 Å². The fraction of sp³-hybridized carbons (Fsp3) is 0.143. The van der Waals surface area contributed by atoms with Crippen molar-refractivity contribution < 1.29 is 30.7 Å². The summed E-state index contributed by atoms with van der Waals surface area (Å²) in [6.45, 7) is -0.462. The van der Waals surface area contributed by atoms with E-state index in [0.717, 1.165) is 30.3 Å². The lowest BCUT2D eigenvalue weighted by molar-refractivity contribution is -0.384. The van der Waals surface area contributed by atoms with Crippen molar-refractivity contribution in [1.82, 2.24) is 0 Å². The third kappa shape index (κ3) is 4.30. The number of benzene rings is 2. The lowest BCUT2D eigenvalue weighted by Crippen LogP contribution is -2.10. The molecule has 2 aromatic rings. The first kappa shape index (κ1) is 17.9. The van der Waals surface area contributed by atoms with Crippen LogP contribution >= 0.6 is 0 Å². The maximum atomic E-state index is 12.6. The van der Waals surface area contributed by atoms with Crippen LogP contribution in [0.2, 0.25) is 0 Å². The summed E-state index contributed by atoms with van der Waals surface area (Å²) in [4.78, 5) is 9.27. The molecule has 0 saturated heterocycles. The molecule has 2 rings (SSSR count). The number of non-ortho nitro benzene ring substituents is 1. The van der Waals surface area contributed by atoms with E-state index in [4.69, 9.17) is 4.18 Å². The number of nitro groups is 1. The van der Waals surface area contributed by atoms with Gasteiger partial charge in [0.25, 0.3) is 15.8 Å². The van der Waals surface area contributed by atoms with Gasteiger partial charge in [0.1, 0.15) is 0 Å². The van der Waals surface area contributed by atoms with Crippen molar-refractivity contribution >= 4 is 15.8 Å². The predicted molar refractivity (Wildman–Crippen MR) is 76.5 cm³/mol. The van der Waals surface area contributed by atoms with Gasteiger partial charge in [-0.15, -0.1) is 0 Å². The molecule has 0 amide bonds. The summed E-state index contributed by atoms with van der Waals surface area (Å²) in [5.41, 5.74) is -0.974. The van der Waals surface area contributed by atoms with Gasteiger partial charge in [0.15, 0.2) is 0 Å². The van der Waals surface area contributed by atoms with Crippen LogP contribution in [0.5, 0.6) is 0 Å². The van der Waals surface area contributed by atoms with Crippen LogP contribution < -0.4 is 0 Å². The van der Waals surface area contributed by atoms with Gasteiger partial charge in [-0.25, -0.2) is 0 Å². The first-order valence-corrected chi connectivity index (χ1v) is 7.80. The molecule has 0 aliphatic carbocycles. The van der Waals surface area contributed by atoms with Gasteiger partial charge >= 0.3 is 6.18 Å². The minimum absolute atomic E-state index is 0.181. The van der Waals surface area contributed by atoms with Gasteiger partial charge in [0.2, 0.25) is 0 Å². The lowest BCUT2D eigenvalue weighted by Gasteiger charge is -2.09. The summed E-state index contributed by atoms with van der Waals surface area (Å²) in [6.07, 6.45) is -4.68. The molecule has 0 radical (unpaired) electrons. The maximum Gasteiger partial charge on any atom is 0.416 e. The first-order chi connectivity index (χ1) is 11.1. The Labute approximate surface area is 134 Å². The third-order valence-electron chi connectivity index (χ3n) is 2.98. The highest BCUT2D eigenvalue weighted by molar-refractivity contribution is 7.86. The number of rotatable bonds is 5. The molecule has 0 aliphatic heterocycles. The van der Waals surface area contributed by atoms with E-state index in [9.17, 15) is 31.7 Å². The van der Waals surface area contributed by atoms with Gasteiger partial charge in [-0.2, -0.15) is 21.6 Å². The number of hydrogen-bond donors (Lipinski definition) is 0.